The molecule has 0 spiro atoms. The fraction of sp³-hybridized carbons (Fsp3) is 0.235. The molecule has 0 heterocycles. The summed E-state index contributed by atoms with van der Waals surface area (Å²) in [5, 5.41) is 5.29. The average molecular weight is 322 g/mol. The molecule has 23 heavy (non-hydrogen) atoms. The summed E-state index contributed by atoms with van der Waals surface area (Å²) in [7, 11) is 0. The molecule has 0 aliphatic carbocycles. The number of carbonyl (C=O) groups excluding carboxylic acids is 1. The van der Waals surface area contributed by atoms with Gasteiger partial charge < -0.3 is 10.6 Å². The van der Waals surface area contributed by atoms with Crippen LogP contribution in [0.15, 0.2) is 42.5 Å². The maximum absolute atomic E-state index is 12.5. The number of hydrogen-bond acceptors (Lipinski definition) is 1. The van der Waals surface area contributed by atoms with Crippen molar-refractivity contribution in [2.24, 2.45) is 0 Å². The lowest BCUT2D eigenvalue weighted by Crippen LogP contribution is -2.28. The Hall–Kier alpha value is -2.50. The van der Waals surface area contributed by atoms with Gasteiger partial charge in [0.2, 0.25) is 0 Å². The number of nitrogens with one attached hydrogen (secondary N) is 2. The zero-order chi connectivity index (χ0) is 17.0. The van der Waals surface area contributed by atoms with Gasteiger partial charge in [0, 0.05) is 12.2 Å². The normalized spacial score (nSPS) is 11.2. The van der Waals surface area contributed by atoms with E-state index in [0.29, 0.717) is 11.3 Å². The SMILES string of the molecule is Cc1ccc(NC(=O)NCc2ccc(C(F)(F)F)cc2)cc1C. The van der Waals surface area contributed by atoms with Gasteiger partial charge in [-0.05, 0) is 54.8 Å². The minimum absolute atomic E-state index is 0.148. The summed E-state index contributed by atoms with van der Waals surface area (Å²) in [5.41, 5.74) is 2.73. The maximum atomic E-state index is 12.5. The molecule has 122 valence electrons. The van der Waals surface area contributed by atoms with Crippen molar-refractivity contribution in [3.05, 3.63) is 64.7 Å². The van der Waals surface area contributed by atoms with E-state index in [0.717, 1.165) is 23.3 Å². The van der Waals surface area contributed by atoms with Crippen LogP contribution in [0.5, 0.6) is 0 Å². The third-order valence-electron chi connectivity index (χ3n) is 3.50. The first-order valence-corrected chi connectivity index (χ1v) is 7.04. The molecule has 2 aromatic carbocycles. The Kier molecular flexibility index (Phi) is 4.93. The van der Waals surface area contributed by atoms with Crippen LogP contribution in [0.2, 0.25) is 0 Å². The molecule has 0 radical (unpaired) electrons. The third-order valence-corrected chi connectivity index (χ3v) is 3.50. The van der Waals surface area contributed by atoms with Crippen LogP contribution in [-0.4, -0.2) is 6.03 Å². The number of halogens is 3. The molecule has 2 rings (SSSR count). The molecule has 0 atom stereocenters. The van der Waals surface area contributed by atoms with Gasteiger partial charge in [-0.2, -0.15) is 13.2 Å². The summed E-state index contributed by atoms with van der Waals surface area (Å²) in [6, 6.07) is 9.83. The highest BCUT2D eigenvalue weighted by Crippen LogP contribution is 2.29. The minimum Gasteiger partial charge on any atom is -0.334 e. The van der Waals surface area contributed by atoms with Crippen molar-refractivity contribution in [1.29, 1.82) is 0 Å². The number of benzene rings is 2. The molecular formula is C17H17F3N2O. The predicted molar refractivity (Wildman–Crippen MR) is 83.2 cm³/mol. The lowest BCUT2D eigenvalue weighted by atomic mass is 10.1. The minimum atomic E-state index is -4.35. The zero-order valence-electron chi connectivity index (χ0n) is 12.8. The van der Waals surface area contributed by atoms with Crippen LogP contribution >= 0.6 is 0 Å². The van der Waals surface area contributed by atoms with Crippen molar-refractivity contribution < 1.29 is 18.0 Å². The van der Waals surface area contributed by atoms with Crippen molar-refractivity contribution in [2.45, 2.75) is 26.6 Å². The fourth-order valence-corrected chi connectivity index (χ4v) is 1.99. The highest BCUT2D eigenvalue weighted by molar-refractivity contribution is 5.89. The molecule has 0 aliphatic rings. The quantitative estimate of drug-likeness (QED) is 0.849. The highest BCUT2D eigenvalue weighted by atomic mass is 19.4. The molecule has 2 aromatic rings. The molecule has 0 aromatic heterocycles. The van der Waals surface area contributed by atoms with Gasteiger partial charge in [0.15, 0.2) is 0 Å². The van der Waals surface area contributed by atoms with E-state index in [4.69, 9.17) is 0 Å². The summed E-state index contributed by atoms with van der Waals surface area (Å²) in [6.07, 6.45) is -4.35. The molecule has 2 amide bonds. The van der Waals surface area contributed by atoms with Crippen LogP contribution in [-0.2, 0) is 12.7 Å². The number of carbonyl (C=O) groups is 1. The maximum Gasteiger partial charge on any atom is 0.416 e. The number of urea groups is 1. The Morgan fingerprint density at radius 2 is 1.65 bits per heavy atom. The highest BCUT2D eigenvalue weighted by Gasteiger charge is 2.29. The Morgan fingerprint density at radius 1 is 1.00 bits per heavy atom. The monoisotopic (exact) mass is 322 g/mol. The molecule has 0 aliphatic heterocycles. The van der Waals surface area contributed by atoms with E-state index in [1.54, 1.807) is 6.07 Å². The van der Waals surface area contributed by atoms with Crippen LogP contribution in [0.4, 0.5) is 23.7 Å². The van der Waals surface area contributed by atoms with Gasteiger partial charge in [-0.1, -0.05) is 18.2 Å². The number of aryl methyl sites for hydroxylation is 2. The first kappa shape index (κ1) is 16.9. The van der Waals surface area contributed by atoms with Gasteiger partial charge in [-0.25, -0.2) is 4.79 Å². The number of alkyl halides is 3. The van der Waals surface area contributed by atoms with E-state index < -0.39 is 17.8 Å². The van der Waals surface area contributed by atoms with E-state index in [1.807, 2.05) is 26.0 Å². The second kappa shape index (κ2) is 6.73. The van der Waals surface area contributed by atoms with Crippen molar-refractivity contribution in [3.63, 3.8) is 0 Å². The van der Waals surface area contributed by atoms with Gasteiger partial charge in [0.25, 0.3) is 0 Å². The molecule has 6 heteroatoms. The molecule has 2 N–H and O–H groups in total. The molecule has 0 saturated heterocycles. The van der Waals surface area contributed by atoms with Crippen molar-refractivity contribution in [1.82, 2.24) is 5.32 Å². The van der Waals surface area contributed by atoms with E-state index in [2.05, 4.69) is 10.6 Å². The second-order valence-corrected chi connectivity index (χ2v) is 5.30. The summed E-state index contributed by atoms with van der Waals surface area (Å²) < 4.78 is 37.4. The lowest BCUT2D eigenvalue weighted by Gasteiger charge is -2.10. The smallest absolute Gasteiger partial charge is 0.334 e. The first-order chi connectivity index (χ1) is 10.8. The largest absolute Gasteiger partial charge is 0.416 e. The van der Waals surface area contributed by atoms with E-state index >= 15 is 0 Å². The van der Waals surface area contributed by atoms with Crippen LogP contribution in [0, 0.1) is 13.8 Å². The Morgan fingerprint density at radius 3 is 2.22 bits per heavy atom. The van der Waals surface area contributed by atoms with Crippen molar-refractivity contribution in [3.8, 4) is 0 Å². The van der Waals surface area contributed by atoms with Crippen LogP contribution in [0.3, 0.4) is 0 Å². The Bertz CT molecular complexity index is 694. The molecule has 0 unspecified atom stereocenters. The van der Waals surface area contributed by atoms with Crippen molar-refractivity contribution >= 4 is 11.7 Å². The van der Waals surface area contributed by atoms with Crippen LogP contribution in [0.25, 0.3) is 0 Å². The number of amides is 2. The number of anilines is 1. The molecular weight excluding hydrogens is 305 g/mol. The van der Waals surface area contributed by atoms with Crippen molar-refractivity contribution in [2.75, 3.05) is 5.32 Å². The standard InChI is InChI=1S/C17H17F3N2O/c1-11-3-8-15(9-12(11)2)22-16(23)21-10-13-4-6-14(7-5-13)17(18,19)20/h3-9H,10H2,1-2H3,(H2,21,22,23). The molecule has 0 saturated carbocycles. The summed E-state index contributed by atoms with van der Waals surface area (Å²) in [5.74, 6) is 0. The van der Waals surface area contributed by atoms with Crippen LogP contribution < -0.4 is 10.6 Å². The van der Waals surface area contributed by atoms with Crippen LogP contribution in [0.1, 0.15) is 22.3 Å². The van der Waals surface area contributed by atoms with E-state index in [9.17, 15) is 18.0 Å². The Balaban J connectivity index is 1.90. The van der Waals surface area contributed by atoms with Gasteiger partial charge in [-0.15, -0.1) is 0 Å². The fourth-order valence-electron chi connectivity index (χ4n) is 1.99. The van der Waals surface area contributed by atoms with Gasteiger partial charge in [-0.3, -0.25) is 0 Å². The van der Waals surface area contributed by atoms with E-state index in [-0.39, 0.29) is 6.54 Å². The van der Waals surface area contributed by atoms with Gasteiger partial charge in [0.1, 0.15) is 0 Å². The molecule has 0 fully saturated rings. The Labute approximate surface area is 132 Å². The molecule has 3 nitrogen and oxygen atoms in total. The van der Waals surface area contributed by atoms with Gasteiger partial charge >= 0.3 is 12.2 Å². The third kappa shape index (κ3) is 4.74. The first-order valence-electron chi connectivity index (χ1n) is 7.04. The number of rotatable bonds is 3. The summed E-state index contributed by atoms with van der Waals surface area (Å²) >= 11 is 0. The zero-order valence-corrected chi connectivity index (χ0v) is 12.8. The predicted octanol–water partition coefficient (Wildman–Crippen LogP) is 4.64. The summed E-state index contributed by atoms with van der Waals surface area (Å²) in [6.45, 7) is 4.07. The second-order valence-electron chi connectivity index (χ2n) is 5.30. The van der Waals surface area contributed by atoms with Gasteiger partial charge in [0.05, 0.1) is 5.56 Å². The summed E-state index contributed by atoms with van der Waals surface area (Å²) in [4.78, 5) is 11.8. The topological polar surface area (TPSA) is 41.1 Å². The average Bonchev–Trinajstić information content (AvgIpc) is 2.48. The van der Waals surface area contributed by atoms with E-state index in [1.165, 1.54) is 12.1 Å². The lowest BCUT2D eigenvalue weighted by molar-refractivity contribution is -0.137. The number of hydrogen-bond donors (Lipinski definition) is 2. The molecule has 0 bridgehead atoms.